The lowest BCUT2D eigenvalue weighted by Gasteiger charge is -2.37. The Morgan fingerprint density at radius 2 is 2.64 bits per heavy atom. The van der Waals surface area contributed by atoms with Gasteiger partial charge in [0.05, 0.1) is 0 Å². The van der Waals surface area contributed by atoms with Gasteiger partial charge in [-0.25, -0.2) is 9.97 Å². The third-order valence-electron chi connectivity index (χ3n) is 1.80. The summed E-state index contributed by atoms with van der Waals surface area (Å²) < 4.78 is 0. The number of anilines is 1. The zero-order chi connectivity index (χ0) is 7.68. The molecule has 0 spiro atoms. The van der Waals surface area contributed by atoms with E-state index in [4.69, 9.17) is 0 Å². The van der Waals surface area contributed by atoms with Crippen molar-refractivity contribution in [3.63, 3.8) is 0 Å². The molecular formula is C7H8N3O. The maximum atomic E-state index is 9.21. The molecule has 1 unspecified atom stereocenters. The lowest BCUT2D eigenvalue weighted by atomic mass is 10.2. The second-order valence-electron chi connectivity index (χ2n) is 2.48. The highest BCUT2D eigenvalue weighted by atomic mass is 16.3. The van der Waals surface area contributed by atoms with Crippen LogP contribution in [0, 0.1) is 6.33 Å². The summed E-state index contributed by atoms with van der Waals surface area (Å²) in [6, 6.07) is 1.76. The molecule has 1 aliphatic rings. The predicted octanol–water partition coefficient (Wildman–Crippen LogP) is -0.195. The molecule has 0 saturated carbocycles. The van der Waals surface area contributed by atoms with Gasteiger partial charge in [0.2, 0.25) is 0 Å². The van der Waals surface area contributed by atoms with Gasteiger partial charge in [-0.1, -0.05) is 0 Å². The molecule has 4 heteroatoms. The average molecular weight is 150 g/mol. The van der Waals surface area contributed by atoms with Gasteiger partial charge in [-0.2, -0.15) is 0 Å². The molecule has 1 atom stereocenters. The lowest BCUT2D eigenvalue weighted by molar-refractivity contribution is 0.112. The molecule has 0 bridgehead atoms. The quantitative estimate of drug-likeness (QED) is 0.602. The molecule has 1 aromatic heterocycles. The topological polar surface area (TPSA) is 49.2 Å². The Morgan fingerprint density at radius 1 is 1.73 bits per heavy atom. The first-order valence-corrected chi connectivity index (χ1v) is 3.52. The molecule has 1 saturated heterocycles. The molecule has 1 aromatic rings. The third kappa shape index (κ3) is 1.05. The second kappa shape index (κ2) is 2.47. The highest BCUT2D eigenvalue weighted by Crippen LogP contribution is 2.20. The molecule has 11 heavy (non-hydrogen) atoms. The van der Waals surface area contributed by atoms with Crippen LogP contribution in [0.4, 0.5) is 5.82 Å². The summed E-state index contributed by atoms with van der Waals surface area (Å²) in [6.45, 7) is 0.867. The van der Waals surface area contributed by atoms with Gasteiger partial charge in [0, 0.05) is 19.2 Å². The third-order valence-corrected chi connectivity index (χ3v) is 1.80. The van der Waals surface area contributed by atoms with E-state index < -0.39 is 0 Å². The van der Waals surface area contributed by atoms with E-state index in [-0.39, 0.29) is 6.23 Å². The number of aliphatic hydroxyl groups excluding tert-OH is 1. The largest absolute Gasteiger partial charge is 0.373 e. The van der Waals surface area contributed by atoms with E-state index in [1.54, 1.807) is 17.2 Å². The van der Waals surface area contributed by atoms with E-state index in [2.05, 4.69) is 16.3 Å². The number of aliphatic hydroxyl groups is 1. The molecule has 1 aliphatic heterocycles. The molecule has 2 rings (SSSR count). The lowest BCUT2D eigenvalue weighted by Crippen LogP contribution is -2.48. The number of aromatic nitrogens is 2. The maximum Gasteiger partial charge on any atom is 0.199 e. The Balaban J connectivity index is 2.17. The van der Waals surface area contributed by atoms with Crippen LogP contribution in [0.3, 0.4) is 0 Å². The molecule has 57 valence electrons. The fourth-order valence-corrected chi connectivity index (χ4v) is 1.06. The summed E-state index contributed by atoms with van der Waals surface area (Å²) in [5, 5.41) is 9.21. The molecule has 1 N–H and O–H groups in total. The van der Waals surface area contributed by atoms with E-state index in [1.165, 1.54) is 0 Å². The first kappa shape index (κ1) is 6.54. The first-order valence-electron chi connectivity index (χ1n) is 3.52. The minimum absolute atomic E-state index is 0.363. The number of hydrogen-bond acceptors (Lipinski definition) is 4. The van der Waals surface area contributed by atoms with Crippen LogP contribution in [0.5, 0.6) is 0 Å². The molecule has 2 heterocycles. The van der Waals surface area contributed by atoms with Crippen molar-refractivity contribution in [2.24, 2.45) is 0 Å². The average Bonchev–Trinajstić information content (AvgIpc) is 2.04. The van der Waals surface area contributed by atoms with Crippen molar-refractivity contribution < 1.29 is 5.11 Å². The summed E-state index contributed by atoms with van der Waals surface area (Å²) in [6.07, 6.45) is 4.56. The van der Waals surface area contributed by atoms with Crippen molar-refractivity contribution in [2.75, 3.05) is 11.4 Å². The number of rotatable bonds is 1. The van der Waals surface area contributed by atoms with E-state index in [1.807, 2.05) is 0 Å². The van der Waals surface area contributed by atoms with Crippen LogP contribution in [-0.2, 0) is 0 Å². The maximum absolute atomic E-state index is 9.21. The fourth-order valence-electron chi connectivity index (χ4n) is 1.06. The van der Waals surface area contributed by atoms with Gasteiger partial charge in [0.15, 0.2) is 6.33 Å². The zero-order valence-corrected chi connectivity index (χ0v) is 5.94. The Hall–Kier alpha value is -1.16. The Bertz CT molecular complexity index is 239. The van der Waals surface area contributed by atoms with E-state index in [9.17, 15) is 5.11 Å². The molecule has 1 radical (unpaired) electrons. The molecule has 0 aromatic carbocycles. The van der Waals surface area contributed by atoms with Crippen LogP contribution in [0.2, 0.25) is 0 Å². The molecule has 4 nitrogen and oxygen atoms in total. The van der Waals surface area contributed by atoms with Crippen LogP contribution in [0.25, 0.3) is 0 Å². The minimum atomic E-state index is -0.363. The van der Waals surface area contributed by atoms with Crippen molar-refractivity contribution in [3.8, 4) is 0 Å². The minimum Gasteiger partial charge on any atom is -0.373 e. The molecule has 0 aliphatic carbocycles. The Morgan fingerprint density at radius 3 is 3.09 bits per heavy atom. The van der Waals surface area contributed by atoms with Crippen LogP contribution < -0.4 is 4.90 Å². The van der Waals surface area contributed by atoms with E-state index >= 15 is 0 Å². The van der Waals surface area contributed by atoms with E-state index in [0.29, 0.717) is 0 Å². The molecular weight excluding hydrogens is 142 g/mol. The second-order valence-corrected chi connectivity index (χ2v) is 2.48. The summed E-state index contributed by atoms with van der Waals surface area (Å²) >= 11 is 0. The summed E-state index contributed by atoms with van der Waals surface area (Å²) in [7, 11) is 0. The van der Waals surface area contributed by atoms with Crippen LogP contribution in [0.1, 0.15) is 6.42 Å². The monoisotopic (exact) mass is 150 g/mol. The first-order chi connectivity index (χ1) is 5.38. The van der Waals surface area contributed by atoms with E-state index in [0.717, 1.165) is 18.8 Å². The van der Waals surface area contributed by atoms with Crippen molar-refractivity contribution >= 4 is 5.82 Å². The normalized spacial score (nSPS) is 23.0. The highest BCUT2D eigenvalue weighted by Gasteiger charge is 2.26. The predicted molar refractivity (Wildman–Crippen MR) is 38.8 cm³/mol. The summed E-state index contributed by atoms with van der Waals surface area (Å²) in [4.78, 5) is 9.35. The SMILES string of the molecule is OC1CCN1c1ccn[c]n1. The van der Waals surface area contributed by atoms with Crippen LogP contribution >= 0.6 is 0 Å². The Kier molecular flexibility index (Phi) is 1.47. The van der Waals surface area contributed by atoms with Gasteiger partial charge in [0.1, 0.15) is 12.0 Å². The summed E-state index contributed by atoms with van der Waals surface area (Å²) in [5.74, 6) is 0.749. The van der Waals surface area contributed by atoms with Crippen molar-refractivity contribution in [3.05, 3.63) is 18.6 Å². The van der Waals surface area contributed by atoms with Gasteiger partial charge < -0.3 is 10.0 Å². The van der Waals surface area contributed by atoms with Crippen LogP contribution in [-0.4, -0.2) is 27.8 Å². The van der Waals surface area contributed by atoms with Gasteiger partial charge in [0.25, 0.3) is 0 Å². The van der Waals surface area contributed by atoms with Crippen molar-refractivity contribution in [1.29, 1.82) is 0 Å². The zero-order valence-electron chi connectivity index (χ0n) is 5.94. The summed E-state index contributed by atoms with van der Waals surface area (Å²) in [5.41, 5.74) is 0. The van der Waals surface area contributed by atoms with Gasteiger partial charge >= 0.3 is 0 Å². The highest BCUT2D eigenvalue weighted by molar-refractivity contribution is 5.39. The van der Waals surface area contributed by atoms with Crippen molar-refractivity contribution in [2.45, 2.75) is 12.6 Å². The van der Waals surface area contributed by atoms with Gasteiger partial charge in [-0.05, 0) is 6.07 Å². The van der Waals surface area contributed by atoms with Crippen LogP contribution in [0.15, 0.2) is 12.3 Å². The number of hydrogen-bond donors (Lipinski definition) is 1. The number of nitrogens with zero attached hydrogens (tertiary/aromatic N) is 3. The fraction of sp³-hybridized carbons (Fsp3) is 0.429. The molecule has 0 amide bonds. The standard InChI is InChI=1S/C7H8N3O/c11-7-2-4-10(7)6-1-3-8-5-9-6/h1,3,7,11H,2,4H2. The van der Waals surface area contributed by atoms with Crippen molar-refractivity contribution in [1.82, 2.24) is 9.97 Å². The smallest absolute Gasteiger partial charge is 0.199 e. The Labute approximate surface area is 64.5 Å². The van der Waals surface area contributed by atoms with Gasteiger partial charge in [-0.15, -0.1) is 0 Å². The van der Waals surface area contributed by atoms with Gasteiger partial charge in [-0.3, -0.25) is 0 Å². The molecule has 1 fully saturated rings.